The highest BCUT2D eigenvalue weighted by molar-refractivity contribution is 6.08. The number of hydrogen-bond donors (Lipinski definition) is 0. The Hall–Kier alpha value is -4.28. The highest BCUT2D eigenvalue weighted by Crippen LogP contribution is 2.32. The Labute approximate surface area is 232 Å². The van der Waals surface area contributed by atoms with Gasteiger partial charge < -0.3 is 18.9 Å². The minimum Gasteiger partial charge on any atom is -0.497 e. The lowest BCUT2D eigenvalue weighted by molar-refractivity contribution is 0.0427. The predicted molar refractivity (Wildman–Crippen MR) is 144 cm³/mol. The molecule has 3 aromatic rings. The van der Waals surface area contributed by atoms with Crippen LogP contribution in [0.5, 0.6) is 17.2 Å². The Balaban J connectivity index is 1.96. The summed E-state index contributed by atoms with van der Waals surface area (Å²) in [4.78, 5) is 34.5. The molecule has 0 N–H and O–H groups in total. The third-order valence-electron chi connectivity index (χ3n) is 5.33. The van der Waals surface area contributed by atoms with E-state index >= 15 is 4.39 Å². The molecule has 11 heteroatoms. The Morgan fingerprint density at radius 2 is 1.52 bits per heavy atom. The second kappa shape index (κ2) is 11.8. The molecule has 0 atom stereocenters. The number of imide groups is 1. The van der Waals surface area contributed by atoms with E-state index < -0.39 is 40.8 Å². The van der Waals surface area contributed by atoms with E-state index in [1.54, 1.807) is 54.5 Å². The fraction of sp³-hybridized carbons (Fsp3) is 0.379. The SMILES string of the molecule is COc1ccc(Oc2cncc(Cc3ccnc(N(C(=O)OC(C)(C)C)C(=O)OC(C)(C)C)c3F)c2C)c(F)c1. The molecule has 9 nitrogen and oxygen atoms in total. The largest absolute Gasteiger partial charge is 0.497 e. The van der Waals surface area contributed by atoms with E-state index in [1.165, 1.54) is 43.9 Å². The van der Waals surface area contributed by atoms with Gasteiger partial charge >= 0.3 is 12.2 Å². The minimum atomic E-state index is -1.14. The molecule has 0 fully saturated rings. The summed E-state index contributed by atoms with van der Waals surface area (Å²) >= 11 is 0. The van der Waals surface area contributed by atoms with Crippen LogP contribution in [-0.2, 0) is 15.9 Å². The number of carbonyl (C=O) groups excluding carboxylic acids is 2. The fourth-order valence-corrected chi connectivity index (χ4v) is 3.47. The topological polar surface area (TPSA) is 100 Å². The van der Waals surface area contributed by atoms with Crippen molar-refractivity contribution in [1.82, 2.24) is 9.97 Å². The summed E-state index contributed by atoms with van der Waals surface area (Å²) in [5, 5.41) is 0. The number of benzene rings is 1. The van der Waals surface area contributed by atoms with Gasteiger partial charge in [-0.1, -0.05) is 0 Å². The van der Waals surface area contributed by atoms with Gasteiger partial charge in [0.25, 0.3) is 0 Å². The van der Waals surface area contributed by atoms with Gasteiger partial charge in [0.15, 0.2) is 23.2 Å². The molecular weight excluding hydrogens is 524 g/mol. The molecule has 0 saturated heterocycles. The molecule has 40 heavy (non-hydrogen) atoms. The summed E-state index contributed by atoms with van der Waals surface area (Å²) in [5.41, 5.74) is -0.696. The number of amides is 2. The van der Waals surface area contributed by atoms with Gasteiger partial charge in [-0.25, -0.2) is 23.4 Å². The summed E-state index contributed by atoms with van der Waals surface area (Å²) in [6.45, 7) is 11.4. The zero-order valence-electron chi connectivity index (χ0n) is 23.8. The average Bonchev–Trinajstić information content (AvgIpc) is 2.82. The van der Waals surface area contributed by atoms with Crippen LogP contribution in [0.3, 0.4) is 0 Å². The van der Waals surface area contributed by atoms with Crippen LogP contribution in [-0.4, -0.2) is 40.5 Å². The van der Waals surface area contributed by atoms with Crippen LogP contribution in [0.25, 0.3) is 0 Å². The molecular formula is C29H33F2N3O6. The maximum Gasteiger partial charge on any atom is 0.425 e. The van der Waals surface area contributed by atoms with E-state index in [-0.39, 0.29) is 23.5 Å². The Bertz CT molecular complexity index is 1370. The van der Waals surface area contributed by atoms with E-state index in [4.69, 9.17) is 18.9 Å². The van der Waals surface area contributed by atoms with Crippen molar-refractivity contribution in [3.63, 3.8) is 0 Å². The van der Waals surface area contributed by atoms with E-state index in [9.17, 15) is 14.0 Å². The van der Waals surface area contributed by atoms with Crippen molar-refractivity contribution in [2.75, 3.05) is 12.0 Å². The van der Waals surface area contributed by atoms with Crippen molar-refractivity contribution in [2.24, 2.45) is 0 Å². The molecule has 2 amide bonds. The third kappa shape index (κ3) is 7.64. The van der Waals surface area contributed by atoms with Crippen molar-refractivity contribution < 1.29 is 37.3 Å². The van der Waals surface area contributed by atoms with Gasteiger partial charge in [0.1, 0.15) is 22.7 Å². The molecule has 0 aliphatic heterocycles. The van der Waals surface area contributed by atoms with Crippen LogP contribution in [0.2, 0.25) is 0 Å². The zero-order chi connectivity index (χ0) is 29.8. The first-order chi connectivity index (χ1) is 18.6. The lowest BCUT2D eigenvalue weighted by atomic mass is 10.0. The van der Waals surface area contributed by atoms with Crippen LogP contribution in [0, 0.1) is 18.6 Å². The van der Waals surface area contributed by atoms with Crippen LogP contribution in [0.1, 0.15) is 58.2 Å². The quantitative estimate of drug-likeness (QED) is 0.316. The summed E-state index contributed by atoms with van der Waals surface area (Å²) < 4.78 is 51.7. The van der Waals surface area contributed by atoms with E-state index in [2.05, 4.69) is 9.97 Å². The predicted octanol–water partition coefficient (Wildman–Crippen LogP) is 7.13. The van der Waals surface area contributed by atoms with Crippen LogP contribution < -0.4 is 14.4 Å². The molecule has 0 bridgehead atoms. The molecule has 0 spiro atoms. The maximum atomic E-state index is 15.9. The number of anilines is 1. The van der Waals surface area contributed by atoms with Crippen molar-refractivity contribution >= 4 is 18.0 Å². The first kappa shape index (κ1) is 30.3. The Morgan fingerprint density at radius 3 is 2.08 bits per heavy atom. The van der Waals surface area contributed by atoms with E-state index in [1.807, 2.05) is 0 Å². The molecule has 0 saturated carbocycles. The number of methoxy groups -OCH3 is 1. The number of nitrogens with zero attached hydrogens (tertiary/aromatic N) is 3. The standard InChI is InChI=1S/C29H33F2N3O6/c1-17-19(15-32-16-23(17)38-22-10-9-20(37-8)14-21(22)30)13-18-11-12-33-25(24(18)31)34(26(35)39-28(2,3)4)27(36)40-29(5,6)7/h9-12,14-16H,13H2,1-8H3. The van der Waals surface area contributed by atoms with Gasteiger partial charge in [0.05, 0.1) is 13.3 Å². The zero-order valence-corrected chi connectivity index (χ0v) is 23.8. The number of ether oxygens (including phenoxy) is 4. The van der Waals surface area contributed by atoms with Crippen molar-refractivity contribution in [1.29, 1.82) is 0 Å². The molecule has 0 unspecified atom stereocenters. The maximum absolute atomic E-state index is 15.9. The lowest BCUT2D eigenvalue weighted by Gasteiger charge is -2.28. The summed E-state index contributed by atoms with van der Waals surface area (Å²) in [6, 6.07) is 5.59. The summed E-state index contributed by atoms with van der Waals surface area (Å²) in [5.74, 6) is -1.56. The summed E-state index contributed by atoms with van der Waals surface area (Å²) in [7, 11) is 1.43. The van der Waals surface area contributed by atoms with Gasteiger partial charge in [0.2, 0.25) is 0 Å². The molecule has 1 aromatic carbocycles. The van der Waals surface area contributed by atoms with Gasteiger partial charge in [-0.05, 0) is 83.4 Å². The van der Waals surface area contributed by atoms with Gasteiger partial charge in [-0.2, -0.15) is 4.90 Å². The van der Waals surface area contributed by atoms with Crippen molar-refractivity contribution in [2.45, 2.75) is 66.1 Å². The van der Waals surface area contributed by atoms with Gasteiger partial charge in [-0.15, -0.1) is 0 Å². The lowest BCUT2D eigenvalue weighted by Crippen LogP contribution is -2.44. The first-order valence-corrected chi connectivity index (χ1v) is 12.4. The number of aromatic nitrogens is 2. The van der Waals surface area contributed by atoms with Crippen molar-refractivity contribution in [3.8, 4) is 17.2 Å². The molecule has 214 valence electrons. The van der Waals surface area contributed by atoms with E-state index in [0.29, 0.717) is 21.8 Å². The highest BCUT2D eigenvalue weighted by Gasteiger charge is 2.36. The molecule has 2 heterocycles. The number of halogens is 2. The van der Waals surface area contributed by atoms with Crippen molar-refractivity contribution in [3.05, 3.63) is 71.2 Å². The van der Waals surface area contributed by atoms with Gasteiger partial charge in [-0.3, -0.25) is 4.98 Å². The molecule has 3 rings (SSSR count). The number of hydrogen-bond acceptors (Lipinski definition) is 8. The second-order valence-electron chi connectivity index (χ2n) is 10.9. The average molecular weight is 558 g/mol. The van der Waals surface area contributed by atoms with Crippen LogP contribution >= 0.6 is 0 Å². The number of rotatable bonds is 6. The number of carbonyl (C=O) groups is 2. The van der Waals surface area contributed by atoms with E-state index in [0.717, 1.165) is 0 Å². The minimum absolute atomic E-state index is 0.00103. The van der Waals surface area contributed by atoms with Crippen LogP contribution in [0.15, 0.2) is 42.9 Å². The van der Waals surface area contributed by atoms with Gasteiger partial charge in [0, 0.05) is 24.9 Å². The Kier molecular flexibility index (Phi) is 8.97. The smallest absolute Gasteiger partial charge is 0.425 e. The molecule has 0 aliphatic carbocycles. The number of pyridine rings is 2. The second-order valence-corrected chi connectivity index (χ2v) is 10.9. The van der Waals surface area contributed by atoms with Crippen LogP contribution in [0.4, 0.5) is 24.2 Å². The Morgan fingerprint density at radius 1 is 0.900 bits per heavy atom. The summed E-state index contributed by atoms with van der Waals surface area (Å²) in [6.07, 6.45) is 1.93. The normalized spacial score (nSPS) is 11.6. The fourth-order valence-electron chi connectivity index (χ4n) is 3.47. The molecule has 0 aliphatic rings. The monoisotopic (exact) mass is 557 g/mol. The first-order valence-electron chi connectivity index (χ1n) is 12.4. The molecule has 2 aromatic heterocycles. The third-order valence-corrected chi connectivity index (χ3v) is 5.33. The highest BCUT2D eigenvalue weighted by atomic mass is 19.1. The molecule has 0 radical (unpaired) electrons.